The molecule has 1 heterocycles. The Morgan fingerprint density at radius 1 is 1.54 bits per heavy atom. The van der Waals surface area contributed by atoms with Gasteiger partial charge in [-0.3, -0.25) is 9.83 Å². The lowest BCUT2D eigenvalue weighted by molar-refractivity contribution is 0.178. The number of fused-ring (bicyclic) bond motifs is 1. The summed E-state index contributed by atoms with van der Waals surface area (Å²) in [6.07, 6.45) is 1.74. The van der Waals surface area contributed by atoms with Gasteiger partial charge in [-0.25, -0.2) is 5.06 Å². The molecule has 68 valence electrons. The van der Waals surface area contributed by atoms with E-state index >= 15 is 0 Å². The number of phenols is 1. The minimum absolute atomic E-state index is 0.217. The molecule has 0 aliphatic carbocycles. The van der Waals surface area contributed by atoms with Crippen LogP contribution < -0.4 is 5.06 Å². The summed E-state index contributed by atoms with van der Waals surface area (Å²) < 4.78 is 0. The first-order chi connectivity index (χ1) is 6.31. The van der Waals surface area contributed by atoms with Crippen LogP contribution in [0.15, 0.2) is 23.2 Å². The van der Waals surface area contributed by atoms with Crippen molar-refractivity contribution in [2.45, 2.75) is 0 Å². The van der Waals surface area contributed by atoms with Crippen LogP contribution in [0.25, 0.3) is 0 Å². The third-order valence-corrected chi connectivity index (χ3v) is 1.93. The number of benzene rings is 1. The van der Waals surface area contributed by atoms with Crippen molar-refractivity contribution >= 4 is 17.6 Å². The first-order valence-corrected chi connectivity index (χ1v) is 3.98. The van der Waals surface area contributed by atoms with Crippen molar-refractivity contribution in [2.24, 2.45) is 4.99 Å². The topological polar surface area (TPSA) is 45.1 Å². The molecule has 0 saturated carbocycles. The molecule has 0 aromatic heterocycles. The number of hydrogen-bond donors (Lipinski definition) is 1. The molecule has 1 aliphatic rings. The minimum atomic E-state index is 0.217. The molecule has 0 spiro atoms. The lowest BCUT2D eigenvalue weighted by atomic mass is 10.2. The van der Waals surface area contributed by atoms with Crippen molar-refractivity contribution in [3.63, 3.8) is 0 Å². The average Bonchev–Trinajstić information content (AvgIpc) is 2.16. The van der Waals surface area contributed by atoms with Crippen LogP contribution in [0.1, 0.15) is 0 Å². The van der Waals surface area contributed by atoms with E-state index in [1.54, 1.807) is 36.6 Å². The second kappa shape index (κ2) is 3.06. The van der Waals surface area contributed by atoms with Crippen LogP contribution in [0.4, 0.5) is 11.4 Å². The summed E-state index contributed by atoms with van der Waals surface area (Å²) in [6, 6.07) is 5.01. The first kappa shape index (κ1) is 8.07. The Balaban J connectivity index is 2.47. The summed E-state index contributed by atoms with van der Waals surface area (Å²) >= 11 is 0. The van der Waals surface area contributed by atoms with Crippen molar-refractivity contribution in [3.8, 4) is 5.75 Å². The predicted octanol–water partition coefficient (Wildman–Crippen LogP) is 1.48. The summed E-state index contributed by atoms with van der Waals surface area (Å²) in [4.78, 5) is 9.26. The van der Waals surface area contributed by atoms with Crippen molar-refractivity contribution in [3.05, 3.63) is 18.2 Å². The minimum Gasteiger partial charge on any atom is -0.508 e. The van der Waals surface area contributed by atoms with Gasteiger partial charge in [-0.2, -0.15) is 0 Å². The molecule has 1 aromatic carbocycles. The quantitative estimate of drug-likeness (QED) is 0.708. The van der Waals surface area contributed by atoms with Gasteiger partial charge in [-0.05, 0) is 12.1 Å². The van der Waals surface area contributed by atoms with Crippen molar-refractivity contribution < 1.29 is 9.94 Å². The van der Waals surface area contributed by atoms with Gasteiger partial charge < -0.3 is 5.11 Å². The van der Waals surface area contributed by atoms with Crippen LogP contribution in [0.3, 0.4) is 0 Å². The van der Waals surface area contributed by atoms with E-state index in [0.717, 1.165) is 11.4 Å². The van der Waals surface area contributed by atoms with Crippen LogP contribution in [0.2, 0.25) is 0 Å². The molecule has 2 rings (SSSR count). The Kier molecular flexibility index (Phi) is 1.90. The fraction of sp³-hybridized carbons (Fsp3) is 0.222. The van der Waals surface area contributed by atoms with E-state index in [9.17, 15) is 5.11 Å². The zero-order chi connectivity index (χ0) is 9.26. The molecule has 0 bridgehead atoms. The zero-order valence-electron chi connectivity index (χ0n) is 7.27. The molecule has 1 aromatic rings. The summed E-state index contributed by atoms with van der Waals surface area (Å²) in [5.41, 5.74) is 1.61. The molecular formula is C9H10N2O2. The summed E-state index contributed by atoms with van der Waals surface area (Å²) in [5, 5.41) is 10.9. The molecule has 4 nitrogen and oxygen atoms in total. The van der Waals surface area contributed by atoms with Crippen LogP contribution in [0, 0.1) is 0 Å². The third kappa shape index (κ3) is 1.36. The van der Waals surface area contributed by atoms with E-state index < -0.39 is 0 Å². The monoisotopic (exact) mass is 178 g/mol. The maximum Gasteiger partial charge on any atom is 0.117 e. The standard InChI is InChI=1S/C9H10N2O2/c1-13-11-5-4-10-8-6-7(12)2-3-9(8)11/h2-4,6,12H,5H2,1H3. The highest BCUT2D eigenvalue weighted by Gasteiger charge is 2.13. The van der Waals surface area contributed by atoms with Gasteiger partial charge in [0.2, 0.25) is 0 Å². The Morgan fingerprint density at radius 3 is 3.15 bits per heavy atom. The second-order valence-corrected chi connectivity index (χ2v) is 2.73. The molecule has 0 radical (unpaired) electrons. The van der Waals surface area contributed by atoms with Gasteiger partial charge in [0.1, 0.15) is 5.75 Å². The lowest BCUT2D eigenvalue weighted by Gasteiger charge is -2.24. The highest BCUT2D eigenvalue weighted by molar-refractivity contribution is 5.81. The van der Waals surface area contributed by atoms with Gasteiger partial charge in [-0.1, -0.05) is 0 Å². The number of nitrogens with zero attached hydrogens (tertiary/aromatic N) is 2. The highest BCUT2D eigenvalue weighted by atomic mass is 16.7. The van der Waals surface area contributed by atoms with Crippen LogP contribution in [-0.2, 0) is 4.84 Å². The van der Waals surface area contributed by atoms with E-state index in [1.165, 1.54) is 0 Å². The summed E-state index contributed by atoms with van der Waals surface area (Å²) in [7, 11) is 1.61. The van der Waals surface area contributed by atoms with Gasteiger partial charge in [0, 0.05) is 12.3 Å². The number of hydrogen-bond acceptors (Lipinski definition) is 4. The zero-order valence-corrected chi connectivity index (χ0v) is 7.27. The van der Waals surface area contributed by atoms with Crippen molar-refractivity contribution in [2.75, 3.05) is 18.7 Å². The van der Waals surface area contributed by atoms with Crippen LogP contribution in [-0.4, -0.2) is 25.0 Å². The average molecular weight is 178 g/mol. The van der Waals surface area contributed by atoms with E-state index in [0.29, 0.717) is 6.54 Å². The summed E-state index contributed by atoms with van der Waals surface area (Å²) in [5.74, 6) is 0.217. The van der Waals surface area contributed by atoms with Crippen molar-refractivity contribution in [1.29, 1.82) is 0 Å². The maximum absolute atomic E-state index is 9.21. The Labute approximate surface area is 76.0 Å². The molecular weight excluding hydrogens is 168 g/mol. The number of aromatic hydroxyl groups is 1. The second-order valence-electron chi connectivity index (χ2n) is 2.73. The SMILES string of the molecule is CON1CC=Nc2cc(O)ccc21. The van der Waals surface area contributed by atoms with Gasteiger partial charge in [0.05, 0.1) is 25.0 Å². The molecule has 0 saturated heterocycles. The Hall–Kier alpha value is -1.55. The molecule has 4 heteroatoms. The van der Waals surface area contributed by atoms with Crippen LogP contribution in [0.5, 0.6) is 5.75 Å². The molecule has 13 heavy (non-hydrogen) atoms. The number of hydroxylamine groups is 1. The fourth-order valence-corrected chi connectivity index (χ4v) is 1.31. The van der Waals surface area contributed by atoms with Crippen LogP contribution >= 0.6 is 0 Å². The van der Waals surface area contributed by atoms with Gasteiger partial charge in [0.25, 0.3) is 0 Å². The van der Waals surface area contributed by atoms with Gasteiger partial charge in [0.15, 0.2) is 0 Å². The van der Waals surface area contributed by atoms with Gasteiger partial charge in [-0.15, -0.1) is 0 Å². The van der Waals surface area contributed by atoms with E-state index in [-0.39, 0.29) is 5.75 Å². The molecule has 1 aliphatic heterocycles. The Morgan fingerprint density at radius 2 is 2.38 bits per heavy atom. The molecule has 0 amide bonds. The van der Waals surface area contributed by atoms with Gasteiger partial charge >= 0.3 is 0 Å². The molecule has 1 N–H and O–H groups in total. The normalized spacial score (nSPS) is 14.4. The molecule has 0 fully saturated rings. The van der Waals surface area contributed by atoms with Crippen molar-refractivity contribution in [1.82, 2.24) is 0 Å². The van der Waals surface area contributed by atoms with E-state index in [4.69, 9.17) is 4.84 Å². The number of rotatable bonds is 1. The molecule has 0 unspecified atom stereocenters. The number of anilines is 1. The first-order valence-electron chi connectivity index (χ1n) is 3.98. The van der Waals surface area contributed by atoms with E-state index in [1.807, 2.05) is 0 Å². The highest BCUT2D eigenvalue weighted by Crippen LogP contribution is 2.33. The predicted molar refractivity (Wildman–Crippen MR) is 50.6 cm³/mol. The largest absolute Gasteiger partial charge is 0.508 e. The third-order valence-electron chi connectivity index (χ3n) is 1.93. The summed E-state index contributed by atoms with van der Waals surface area (Å²) in [6.45, 7) is 0.633. The number of phenolic OH excluding ortho intramolecular Hbond substituents is 1. The van der Waals surface area contributed by atoms with E-state index in [2.05, 4.69) is 4.99 Å². The Bertz CT molecular complexity index is 349. The maximum atomic E-state index is 9.21. The lowest BCUT2D eigenvalue weighted by Crippen LogP contribution is -2.25. The number of aliphatic imine (C=N–C) groups is 1. The fourth-order valence-electron chi connectivity index (χ4n) is 1.31. The molecule has 0 atom stereocenters. The smallest absolute Gasteiger partial charge is 0.117 e.